The summed E-state index contributed by atoms with van der Waals surface area (Å²) in [7, 11) is 2.17. The molecule has 0 atom stereocenters. The highest BCUT2D eigenvalue weighted by Gasteiger charge is 2.23. The van der Waals surface area contributed by atoms with Crippen molar-refractivity contribution in [3.63, 3.8) is 0 Å². The molecule has 2 aliphatic rings. The summed E-state index contributed by atoms with van der Waals surface area (Å²) in [4.78, 5) is 9.31. The Hall–Kier alpha value is -1.49. The minimum absolute atomic E-state index is 0.604. The largest absolute Gasteiger partial charge is 0.476 e. The summed E-state index contributed by atoms with van der Waals surface area (Å²) in [5.41, 5.74) is 6.60. The fraction of sp³-hybridized carbons (Fsp3) is 0.667. The van der Waals surface area contributed by atoms with E-state index < -0.39 is 0 Å². The average molecular weight is 276 g/mol. The molecular formula is C15H24N4O. The third kappa shape index (κ3) is 3.33. The minimum Gasteiger partial charge on any atom is -0.476 e. The van der Waals surface area contributed by atoms with Crippen molar-refractivity contribution in [2.24, 2.45) is 5.92 Å². The van der Waals surface area contributed by atoms with Crippen LogP contribution in [0.3, 0.4) is 0 Å². The van der Waals surface area contributed by atoms with Crippen molar-refractivity contribution in [3.05, 3.63) is 12.1 Å². The Kier molecular flexibility index (Phi) is 3.96. The highest BCUT2D eigenvalue weighted by Crippen LogP contribution is 2.31. The molecule has 0 radical (unpaired) electrons. The normalized spacial score (nSPS) is 20.8. The van der Waals surface area contributed by atoms with Crippen molar-refractivity contribution < 1.29 is 4.74 Å². The number of likely N-dealkylation sites (N-methyl/N-ethyl adjacent to an activating group) is 1. The van der Waals surface area contributed by atoms with E-state index in [0.717, 1.165) is 38.6 Å². The van der Waals surface area contributed by atoms with Gasteiger partial charge in [-0.05, 0) is 50.9 Å². The van der Waals surface area contributed by atoms with Crippen molar-refractivity contribution >= 4 is 11.5 Å². The van der Waals surface area contributed by atoms with Crippen LogP contribution in [0, 0.1) is 5.92 Å². The molecule has 20 heavy (non-hydrogen) atoms. The first-order valence-corrected chi connectivity index (χ1v) is 7.55. The molecular weight excluding hydrogens is 252 g/mol. The highest BCUT2D eigenvalue weighted by atomic mass is 16.5. The summed E-state index contributed by atoms with van der Waals surface area (Å²) in [5, 5.41) is 0. The molecule has 2 heterocycles. The third-order valence-corrected chi connectivity index (χ3v) is 4.07. The smallest absolute Gasteiger partial charge is 0.239 e. The van der Waals surface area contributed by atoms with Crippen LogP contribution in [0.5, 0.6) is 5.88 Å². The molecule has 0 spiro atoms. The van der Waals surface area contributed by atoms with E-state index in [9.17, 15) is 0 Å². The molecule has 2 N–H and O–H groups in total. The number of aromatic nitrogens is 1. The first kappa shape index (κ1) is 13.5. The van der Waals surface area contributed by atoms with Crippen LogP contribution in [-0.4, -0.2) is 49.7 Å². The summed E-state index contributed by atoms with van der Waals surface area (Å²) in [5.74, 6) is 2.30. The van der Waals surface area contributed by atoms with Crippen LogP contribution in [0.1, 0.15) is 19.3 Å². The molecule has 1 saturated carbocycles. The Bertz CT molecular complexity index is 461. The number of ether oxygens (including phenoxy) is 1. The van der Waals surface area contributed by atoms with Gasteiger partial charge in [-0.1, -0.05) is 0 Å². The molecule has 0 aromatic carbocycles. The standard InChI is InChI=1S/C15H24N4O/c1-18-7-2-8-19(10-9-18)14-6-5-13(16)15(17-14)20-11-12-3-4-12/h5-6,12H,2-4,7-11,16H2,1H3. The maximum Gasteiger partial charge on any atom is 0.239 e. The van der Waals surface area contributed by atoms with Gasteiger partial charge in [0.05, 0.1) is 12.3 Å². The number of pyridine rings is 1. The van der Waals surface area contributed by atoms with Gasteiger partial charge in [0.1, 0.15) is 5.82 Å². The van der Waals surface area contributed by atoms with Crippen LogP contribution in [0.25, 0.3) is 0 Å². The van der Waals surface area contributed by atoms with Crippen LogP contribution in [0.15, 0.2) is 12.1 Å². The van der Waals surface area contributed by atoms with E-state index >= 15 is 0 Å². The summed E-state index contributed by atoms with van der Waals surface area (Å²) in [6.07, 6.45) is 3.72. The van der Waals surface area contributed by atoms with Gasteiger partial charge in [0.15, 0.2) is 0 Å². The quantitative estimate of drug-likeness (QED) is 0.905. The lowest BCUT2D eigenvalue weighted by Crippen LogP contribution is -2.29. The molecule has 2 fully saturated rings. The number of nitrogen functional groups attached to an aromatic ring is 1. The molecule has 0 unspecified atom stereocenters. The Morgan fingerprint density at radius 2 is 2.10 bits per heavy atom. The Balaban J connectivity index is 1.69. The molecule has 110 valence electrons. The minimum atomic E-state index is 0.604. The van der Waals surface area contributed by atoms with E-state index in [-0.39, 0.29) is 0 Å². The van der Waals surface area contributed by atoms with E-state index in [4.69, 9.17) is 10.5 Å². The zero-order valence-electron chi connectivity index (χ0n) is 12.2. The lowest BCUT2D eigenvalue weighted by molar-refractivity contribution is 0.290. The number of nitrogens with zero attached hydrogens (tertiary/aromatic N) is 3. The van der Waals surface area contributed by atoms with E-state index in [1.165, 1.54) is 19.3 Å². The van der Waals surface area contributed by atoms with Crippen molar-refractivity contribution in [2.45, 2.75) is 19.3 Å². The number of hydrogen-bond donors (Lipinski definition) is 1. The van der Waals surface area contributed by atoms with Crippen molar-refractivity contribution in [3.8, 4) is 5.88 Å². The van der Waals surface area contributed by atoms with Gasteiger partial charge in [0.2, 0.25) is 5.88 Å². The van der Waals surface area contributed by atoms with Crippen molar-refractivity contribution in [1.82, 2.24) is 9.88 Å². The van der Waals surface area contributed by atoms with Gasteiger partial charge >= 0.3 is 0 Å². The van der Waals surface area contributed by atoms with E-state index in [0.29, 0.717) is 17.5 Å². The summed E-state index contributed by atoms with van der Waals surface area (Å²) < 4.78 is 5.77. The van der Waals surface area contributed by atoms with Gasteiger partial charge in [-0.25, -0.2) is 0 Å². The molecule has 1 aliphatic carbocycles. The summed E-state index contributed by atoms with van der Waals surface area (Å²) in [6.45, 7) is 5.03. The topological polar surface area (TPSA) is 54.6 Å². The molecule has 1 saturated heterocycles. The second-order valence-corrected chi connectivity index (χ2v) is 5.96. The lowest BCUT2D eigenvalue weighted by atomic mass is 10.3. The first-order valence-electron chi connectivity index (χ1n) is 7.55. The van der Waals surface area contributed by atoms with Crippen molar-refractivity contribution in [2.75, 3.05) is 50.5 Å². The highest BCUT2D eigenvalue weighted by molar-refractivity contribution is 5.54. The van der Waals surface area contributed by atoms with Crippen LogP contribution in [0.4, 0.5) is 11.5 Å². The van der Waals surface area contributed by atoms with Crippen LogP contribution >= 0.6 is 0 Å². The van der Waals surface area contributed by atoms with E-state index in [1.807, 2.05) is 12.1 Å². The monoisotopic (exact) mass is 276 g/mol. The fourth-order valence-corrected chi connectivity index (χ4v) is 2.49. The van der Waals surface area contributed by atoms with Gasteiger partial charge in [-0.3, -0.25) is 0 Å². The molecule has 1 aromatic rings. The molecule has 0 bridgehead atoms. The Morgan fingerprint density at radius 3 is 2.90 bits per heavy atom. The number of anilines is 2. The average Bonchev–Trinajstić information content (AvgIpc) is 3.26. The first-order chi connectivity index (χ1) is 9.72. The Morgan fingerprint density at radius 1 is 1.25 bits per heavy atom. The second-order valence-electron chi connectivity index (χ2n) is 5.96. The molecule has 0 amide bonds. The molecule has 5 nitrogen and oxygen atoms in total. The van der Waals surface area contributed by atoms with Crippen LogP contribution in [0.2, 0.25) is 0 Å². The van der Waals surface area contributed by atoms with Gasteiger partial charge in [0, 0.05) is 19.6 Å². The third-order valence-electron chi connectivity index (χ3n) is 4.07. The number of rotatable bonds is 4. The SMILES string of the molecule is CN1CCCN(c2ccc(N)c(OCC3CC3)n2)CC1. The second kappa shape index (κ2) is 5.87. The fourth-order valence-electron chi connectivity index (χ4n) is 2.49. The summed E-state index contributed by atoms with van der Waals surface area (Å²) >= 11 is 0. The van der Waals surface area contributed by atoms with Gasteiger partial charge < -0.3 is 20.3 Å². The van der Waals surface area contributed by atoms with Crippen LogP contribution < -0.4 is 15.4 Å². The number of hydrogen-bond acceptors (Lipinski definition) is 5. The van der Waals surface area contributed by atoms with Gasteiger partial charge in [-0.2, -0.15) is 4.98 Å². The molecule has 1 aliphatic heterocycles. The molecule has 3 rings (SSSR count). The number of nitrogens with two attached hydrogens (primary N) is 1. The van der Waals surface area contributed by atoms with Gasteiger partial charge in [-0.15, -0.1) is 0 Å². The van der Waals surface area contributed by atoms with Crippen LogP contribution in [-0.2, 0) is 0 Å². The predicted molar refractivity (Wildman–Crippen MR) is 81.2 cm³/mol. The zero-order chi connectivity index (χ0) is 13.9. The van der Waals surface area contributed by atoms with E-state index in [2.05, 4.69) is 21.8 Å². The van der Waals surface area contributed by atoms with E-state index in [1.54, 1.807) is 0 Å². The Labute approximate surface area is 120 Å². The zero-order valence-corrected chi connectivity index (χ0v) is 12.2. The van der Waals surface area contributed by atoms with Crippen molar-refractivity contribution in [1.29, 1.82) is 0 Å². The maximum atomic E-state index is 5.96. The molecule has 5 heteroatoms. The van der Waals surface area contributed by atoms with Gasteiger partial charge in [0.25, 0.3) is 0 Å². The maximum absolute atomic E-state index is 5.96. The lowest BCUT2D eigenvalue weighted by Gasteiger charge is -2.22. The predicted octanol–water partition coefficient (Wildman–Crippen LogP) is 1.59. The molecule has 1 aromatic heterocycles. The summed E-state index contributed by atoms with van der Waals surface area (Å²) in [6, 6.07) is 3.92.